The molecule has 0 radical (unpaired) electrons. The number of piperidine rings is 1. The van der Waals surface area contributed by atoms with E-state index in [-0.39, 0.29) is 5.91 Å². The van der Waals surface area contributed by atoms with Crippen LogP contribution >= 0.6 is 0 Å². The van der Waals surface area contributed by atoms with Gasteiger partial charge < -0.3 is 24.3 Å². The minimum atomic E-state index is 0.144. The van der Waals surface area contributed by atoms with Gasteiger partial charge in [-0.3, -0.25) is 4.79 Å². The van der Waals surface area contributed by atoms with Crippen LogP contribution in [0, 0.1) is 5.92 Å². The second kappa shape index (κ2) is 10.4. The van der Waals surface area contributed by atoms with Crippen LogP contribution < -0.4 is 14.5 Å². The molecule has 1 amide bonds. The Bertz CT molecular complexity index is 1040. The Hall–Kier alpha value is -2.87. The molecule has 4 heterocycles. The van der Waals surface area contributed by atoms with Gasteiger partial charge in [0.2, 0.25) is 11.9 Å². The van der Waals surface area contributed by atoms with Gasteiger partial charge in [0.05, 0.1) is 25.8 Å². The molecule has 1 aromatic heterocycles. The fourth-order valence-electron chi connectivity index (χ4n) is 5.30. The summed E-state index contributed by atoms with van der Waals surface area (Å²) in [7, 11) is 3.82. The quantitative estimate of drug-likeness (QED) is 0.655. The normalized spacial score (nSPS) is 19.6. The van der Waals surface area contributed by atoms with Crippen LogP contribution in [0.3, 0.4) is 0 Å². The van der Waals surface area contributed by atoms with Crippen molar-refractivity contribution >= 4 is 17.7 Å². The van der Waals surface area contributed by atoms with Gasteiger partial charge in [-0.05, 0) is 43.5 Å². The first-order chi connectivity index (χ1) is 17.0. The molecule has 5 rings (SSSR count). The van der Waals surface area contributed by atoms with Gasteiger partial charge in [-0.25, -0.2) is 4.98 Å². The molecule has 0 atom stereocenters. The smallest absolute Gasteiger partial charge is 0.227 e. The number of carbonyl (C=O) groups excluding carboxylic acids is 1. The Labute approximate surface area is 208 Å². The SMILES string of the molecule is COc1cccc(CC(=O)N2CCc3nc(N4CCN(C)CC4)nc(N4CCC(C)CC4)c3C2)c1. The largest absolute Gasteiger partial charge is 0.497 e. The van der Waals surface area contributed by atoms with Crippen LogP contribution in [-0.2, 0) is 24.2 Å². The molecule has 0 N–H and O–H groups in total. The summed E-state index contributed by atoms with van der Waals surface area (Å²) in [6, 6.07) is 7.79. The number of likely N-dealkylation sites (N-methyl/N-ethyl adjacent to an activating group) is 1. The standard InChI is InChI=1S/C27H38N6O2/c1-20-7-10-31(11-8-20)26-23-19-33(25(34)18-21-5-4-6-22(17-21)35-3)12-9-24(23)28-27(29-26)32-15-13-30(2)14-16-32/h4-6,17,20H,7-16,18-19H2,1-3H3. The molecule has 0 bridgehead atoms. The molecule has 0 saturated carbocycles. The average molecular weight is 479 g/mol. The first kappa shape index (κ1) is 23.9. The van der Waals surface area contributed by atoms with Gasteiger partial charge in [-0.15, -0.1) is 0 Å². The second-order valence-electron chi connectivity index (χ2n) is 10.3. The number of aromatic nitrogens is 2. The van der Waals surface area contributed by atoms with Crippen molar-refractivity contribution in [2.45, 2.75) is 39.2 Å². The lowest BCUT2D eigenvalue weighted by atomic mass is 9.98. The third kappa shape index (κ3) is 5.37. The predicted octanol–water partition coefficient (Wildman–Crippen LogP) is 2.60. The summed E-state index contributed by atoms with van der Waals surface area (Å²) in [5.41, 5.74) is 3.24. The van der Waals surface area contributed by atoms with Gasteiger partial charge in [0.25, 0.3) is 0 Å². The molecule has 3 aliphatic rings. The number of methoxy groups -OCH3 is 1. The molecule has 1 aromatic carbocycles. The minimum absolute atomic E-state index is 0.144. The van der Waals surface area contributed by atoms with E-state index in [1.165, 1.54) is 12.8 Å². The topological polar surface area (TPSA) is 65.0 Å². The summed E-state index contributed by atoms with van der Waals surface area (Å²) in [4.78, 5) is 32.6. The molecule has 0 unspecified atom stereocenters. The van der Waals surface area contributed by atoms with Crippen LogP contribution in [-0.4, -0.2) is 85.6 Å². The second-order valence-corrected chi connectivity index (χ2v) is 10.3. The fourth-order valence-corrected chi connectivity index (χ4v) is 5.30. The molecule has 3 aliphatic heterocycles. The molecule has 0 spiro atoms. The molecule has 0 aliphatic carbocycles. The van der Waals surface area contributed by atoms with E-state index in [1.807, 2.05) is 29.2 Å². The number of amides is 1. The Kier molecular flexibility index (Phi) is 7.09. The first-order valence-corrected chi connectivity index (χ1v) is 13.0. The zero-order chi connectivity index (χ0) is 24.4. The van der Waals surface area contributed by atoms with Gasteiger partial charge in [0.1, 0.15) is 11.6 Å². The van der Waals surface area contributed by atoms with Crippen LogP contribution in [0.4, 0.5) is 11.8 Å². The molecule has 35 heavy (non-hydrogen) atoms. The summed E-state index contributed by atoms with van der Waals surface area (Å²) < 4.78 is 5.33. The van der Waals surface area contributed by atoms with E-state index in [0.717, 1.165) is 85.9 Å². The van der Waals surface area contributed by atoms with Crippen LogP contribution in [0.5, 0.6) is 5.75 Å². The highest BCUT2D eigenvalue weighted by Gasteiger charge is 2.30. The summed E-state index contributed by atoms with van der Waals surface area (Å²) >= 11 is 0. The summed E-state index contributed by atoms with van der Waals surface area (Å²) in [6.07, 6.45) is 3.52. The summed E-state index contributed by atoms with van der Waals surface area (Å²) in [5.74, 6) is 3.59. The van der Waals surface area contributed by atoms with Gasteiger partial charge in [0.15, 0.2) is 0 Å². The third-order valence-electron chi connectivity index (χ3n) is 7.74. The zero-order valence-electron chi connectivity index (χ0n) is 21.4. The Morgan fingerprint density at radius 1 is 1.03 bits per heavy atom. The average Bonchev–Trinajstić information content (AvgIpc) is 2.89. The molecule has 8 nitrogen and oxygen atoms in total. The highest BCUT2D eigenvalue weighted by Crippen LogP contribution is 2.32. The molecular formula is C27H38N6O2. The molecular weight excluding hydrogens is 440 g/mol. The third-order valence-corrected chi connectivity index (χ3v) is 7.74. The maximum Gasteiger partial charge on any atom is 0.227 e. The Morgan fingerprint density at radius 3 is 2.54 bits per heavy atom. The van der Waals surface area contributed by atoms with Gasteiger partial charge in [-0.1, -0.05) is 19.1 Å². The number of piperazine rings is 1. The number of carbonyl (C=O) groups is 1. The predicted molar refractivity (Wildman–Crippen MR) is 138 cm³/mol. The lowest BCUT2D eigenvalue weighted by Crippen LogP contribution is -2.46. The number of benzene rings is 1. The van der Waals surface area contributed by atoms with Crippen molar-refractivity contribution in [1.82, 2.24) is 19.8 Å². The van der Waals surface area contributed by atoms with E-state index in [1.54, 1.807) is 7.11 Å². The first-order valence-electron chi connectivity index (χ1n) is 13.0. The molecule has 2 saturated heterocycles. The monoisotopic (exact) mass is 478 g/mol. The van der Waals surface area contributed by atoms with E-state index in [2.05, 4.69) is 28.7 Å². The highest BCUT2D eigenvalue weighted by atomic mass is 16.5. The van der Waals surface area contributed by atoms with Crippen LogP contribution in [0.1, 0.15) is 36.6 Å². The minimum Gasteiger partial charge on any atom is -0.497 e. The van der Waals surface area contributed by atoms with Crippen molar-refractivity contribution in [3.63, 3.8) is 0 Å². The van der Waals surface area contributed by atoms with Crippen molar-refractivity contribution < 1.29 is 9.53 Å². The maximum absolute atomic E-state index is 13.3. The lowest BCUT2D eigenvalue weighted by Gasteiger charge is -2.38. The van der Waals surface area contributed by atoms with Crippen molar-refractivity contribution in [1.29, 1.82) is 0 Å². The van der Waals surface area contributed by atoms with Gasteiger partial charge in [0, 0.05) is 57.8 Å². The number of fused-ring (bicyclic) bond motifs is 1. The van der Waals surface area contributed by atoms with E-state index in [0.29, 0.717) is 19.5 Å². The van der Waals surface area contributed by atoms with Gasteiger partial charge in [-0.2, -0.15) is 4.98 Å². The number of hydrogen-bond acceptors (Lipinski definition) is 7. The van der Waals surface area contributed by atoms with E-state index in [4.69, 9.17) is 14.7 Å². The molecule has 8 heteroatoms. The van der Waals surface area contributed by atoms with Crippen molar-refractivity contribution in [2.24, 2.45) is 5.92 Å². The summed E-state index contributed by atoms with van der Waals surface area (Å²) in [6.45, 7) is 9.63. The van der Waals surface area contributed by atoms with Crippen LogP contribution in [0.25, 0.3) is 0 Å². The number of nitrogens with zero attached hydrogens (tertiary/aromatic N) is 6. The van der Waals surface area contributed by atoms with E-state index in [9.17, 15) is 4.79 Å². The van der Waals surface area contributed by atoms with Crippen LogP contribution in [0.15, 0.2) is 24.3 Å². The van der Waals surface area contributed by atoms with E-state index >= 15 is 0 Å². The van der Waals surface area contributed by atoms with Crippen molar-refractivity contribution in [3.05, 3.63) is 41.1 Å². The van der Waals surface area contributed by atoms with Crippen LogP contribution in [0.2, 0.25) is 0 Å². The number of rotatable bonds is 5. The number of ether oxygens (including phenoxy) is 1. The lowest BCUT2D eigenvalue weighted by molar-refractivity contribution is -0.131. The number of hydrogen-bond donors (Lipinski definition) is 0. The Morgan fingerprint density at radius 2 is 1.80 bits per heavy atom. The highest BCUT2D eigenvalue weighted by molar-refractivity contribution is 5.79. The Balaban J connectivity index is 1.39. The summed E-state index contributed by atoms with van der Waals surface area (Å²) in [5, 5.41) is 0. The van der Waals surface area contributed by atoms with Gasteiger partial charge >= 0.3 is 0 Å². The molecule has 2 aromatic rings. The molecule has 188 valence electrons. The number of anilines is 2. The molecule has 2 fully saturated rings. The fraction of sp³-hybridized carbons (Fsp3) is 0.593. The van der Waals surface area contributed by atoms with Crippen molar-refractivity contribution in [2.75, 3.05) is 69.8 Å². The zero-order valence-corrected chi connectivity index (χ0v) is 21.4. The maximum atomic E-state index is 13.3. The van der Waals surface area contributed by atoms with E-state index < -0.39 is 0 Å². The van der Waals surface area contributed by atoms with Crippen molar-refractivity contribution in [3.8, 4) is 5.75 Å².